The SMILES string of the molecule is c1ccc2c(CNC3CCCCC3)coc2c1. The number of hydrogen-bond donors (Lipinski definition) is 1. The molecule has 0 saturated heterocycles. The van der Waals surface area contributed by atoms with Crippen molar-refractivity contribution in [1.82, 2.24) is 5.32 Å². The highest BCUT2D eigenvalue weighted by atomic mass is 16.3. The van der Waals surface area contributed by atoms with E-state index in [0.29, 0.717) is 6.04 Å². The molecule has 90 valence electrons. The molecule has 2 aromatic rings. The Labute approximate surface area is 102 Å². The molecule has 1 fully saturated rings. The molecule has 1 heterocycles. The van der Waals surface area contributed by atoms with Crippen LogP contribution in [-0.4, -0.2) is 6.04 Å². The fraction of sp³-hybridized carbons (Fsp3) is 0.467. The molecule has 1 aliphatic rings. The zero-order chi connectivity index (χ0) is 11.5. The molecule has 1 aliphatic carbocycles. The monoisotopic (exact) mass is 229 g/mol. The van der Waals surface area contributed by atoms with Crippen molar-refractivity contribution < 1.29 is 4.42 Å². The van der Waals surface area contributed by atoms with Crippen LogP contribution in [0.15, 0.2) is 34.9 Å². The minimum atomic E-state index is 0.706. The maximum absolute atomic E-state index is 5.55. The van der Waals surface area contributed by atoms with Gasteiger partial charge >= 0.3 is 0 Å². The largest absolute Gasteiger partial charge is 0.464 e. The number of benzene rings is 1. The minimum absolute atomic E-state index is 0.706. The summed E-state index contributed by atoms with van der Waals surface area (Å²) in [5.74, 6) is 0. The van der Waals surface area contributed by atoms with Crippen molar-refractivity contribution >= 4 is 11.0 Å². The van der Waals surface area contributed by atoms with Gasteiger partial charge in [-0.25, -0.2) is 0 Å². The molecule has 1 saturated carbocycles. The van der Waals surface area contributed by atoms with Crippen LogP contribution in [0.5, 0.6) is 0 Å². The van der Waals surface area contributed by atoms with Crippen LogP contribution in [0.25, 0.3) is 11.0 Å². The predicted molar refractivity (Wildman–Crippen MR) is 69.9 cm³/mol. The van der Waals surface area contributed by atoms with Crippen LogP contribution >= 0.6 is 0 Å². The van der Waals surface area contributed by atoms with Crippen molar-refractivity contribution in [1.29, 1.82) is 0 Å². The number of hydrogen-bond acceptors (Lipinski definition) is 2. The van der Waals surface area contributed by atoms with E-state index in [2.05, 4.69) is 17.4 Å². The fourth-order valence-electron chi connectivity index (χ4n) is 2.73. The Morgan fingerprint density at radius 1 is 1.12 bits per heavy atom. The lowest BCUT2D eigenvalue weighted by molar-refractivity contribution is 0.372. The highest BCUT2D eigenvalue weighted by Gasteiger charge is 2.13. The average molecular weight is 229 g/mol. The van der Waals surface area contributed by atoms with Gasteiger partial charge in [0.15, 0.2) is 0 Å². The maximum atomic E-state index is 5.55. The Kier molecular flexibility index (Phi) is 3.14. The molecule has 0 atom stereocenters. The highest BCUT2D eigenvalue weighted by Crippen LogP contribution is 2.22. The van der Waals surface area contributed by atoms with Crippen LogP contribution in [0.1, 0.15) is 37.7 Å². The molecule has 0 radical (unpaired) electrons. The molecule has 1 aromatic heterocycles. The predicted octanol–water partition coefficient (Wildman–Crippen LogP) is 3.86. The molecular formula is C15H19NO. The van der Waals surface area contributed by atoms with Gasteiger partial charge in [0.2, 0.25) is 0 Å². The summed E-state index contributed by atoms with van der Waals surface area (Å²) >= 11 is 0. The molecule has 0 aliphatic heterocycles. The molecular weight excluding hydrogens is 210 g/mol. The lowest BCUT2D eigenvalue weighted by Gasteiger charge is -2.22. The summed E-state index contributed by atoms with van der Waals surface area (Å²) in [5, 5.41) is 4.90. The molecule has 1 N–H and O–H groups in total. The van der Waals surface area contributed by atoms with Crippen LogP contribution in [0.2, 0.25) is 0 Å². The zero-order valence-electron chi connectivity index (χ0n) is 10.1. The van der Waals surface area contributed by atoms with E-state index >= 15 is 0 Å². The van der Waals surface area contributed by atoms with Gasteiger partial charge in [0.05, 0.1) is 6.26 Å². The molecule has 3 rings (SSSR count). The Bertz CT molecular complexity index is 482. The highest BCUT2D eigenvalue weighted by molar-refractivity contribution is 5.80. The maximum Gasteiger partial charge on any atom is 0.134 e. The molecule has 1 aromatic carbocycles. The summed E-state index contributed by atoms with van der Waals surface area (Å²) in [5.41, 5.74) is 2.28. The number of nitrogens with one attached hydrogen (secondary N) is 1. The van der Waals surface area contributed by atoms with Gasteiger partial charge in [-0.05, 0) is 18.9 Å². The Hall–Kier alpha value is -1.28. The Balaban J connectivity index is 1.68. The summed E-state index contributed by atoms with van der Waals surface area (Å²) in [6, 6.07) is 8.96. The van der Waals surface area contributed by atoms with Crippen molar-refractivity contribution in [2.24, 2.45) is 0 Å². The summed E-state index contributed by atoms with van der Waals surface area (Å²) in [7, 11) is 0. The smallest absolute Gasteiger partial charge is 0.134 e. The number of furan rings is 1. The summed E-state index contributed by atoms with van der Waals surface area (Å²) in [4.78, 5) is 0. The van der Waals surface area contributed by atoms with E-state index in [0.717, 1.165) is 12.1 Å². The van der Waals surface area contributed by atoms with Crippen LogP contribution in [-0.2, 0) is 6.54 Å². The first-order valence-corrected chi connectivity index (χ1v) is 6.62. The van der Waals surface area contributed by atoms with Gasteiger partial charge in [0.25, 0.3) is 0 Å². The van der Waals surface area contributed by atoms with Gasteiger partial charge in [-0.15, -0.1) is 0 Å². The van der Waals surface area contributed by atoms with E-state index < -0.39 is 0 Å². The molecule has 0 bridgehead atoms. The van der Waals surface area contributed by atoms with Crippen molar-refractivity contribution in [3.8, 4) is 0 Å². The van der Waals surface area contributed by atoms with Gasteiger partial charge in [0, 0.05) is 23.5 Å². The minimum Gasteiger partial charge on any atom is -0.464 e. The first-order valence-electron chi connectivity index (χ1n) is 6.62. The summed E-state index contributed by atoms with van der Waals surface area (Å²) in [6.07, 6.45) is 8.71. The Morgan fingerprint density at radius 2 is 1.94 bits per heavy atom. The van der Waals surface area contributed by atoms with E-state index in [1.54, 1.807) is 0 Å². The molecule has 2 heteroatoms. The van der Waals surface area contributed by atoms with Crippen molar-refractivity contribution in [3.05, 3.63) is 36.1 Å². The van der Waals surface area contributed by atoms with Crippen LogP contribution in [0.4, 0.5) is 0 Å². The van der Waals surface area contributed by atoms with Gasteiger partial charge in [0.1, 0.15) is 5.58 Å². The van der Waals surface area contributed by atoms with Crippen molar-refractivity contribution in [2.75, 3.05) is 0 Å². The van der Waals surface area contributed by atoms with Gasteiger partial charge < -0.3 is 9.73 Å². The first kappa shape index (κ1) is 10.8. The standard InChI is InChI=1S/C15H19NO/c1-2-6-13(7-3-1)16-10-12-11-17-15-9-5-4-8-14(12)15/h4-5,8-9,11,13,16H,1-3,6-7,10H2. The third-order valence-corrected chi connectivity index (χ3v) is 3.75. The van der Waals surface area contributed by atoms with E-state index in [4.69, 9.17) is 4.42 Å². The van der Waals surface area contributed by atoms with E-state index in [1.165, 1.54) is 43.1 Å². The second-order valence-corrected chi connectivity index (χ2v) is 4.97. The number of rotatable bonds is 3. The number of para-hydroxylation sites is 1. The van der Waals surface area contributed by atoms with Gasteiger partial charge in [-0.1, -0.05) is 37.5 Å². The lowest BCUT2D eigenvalue weighted by atomic mass is 9.95. The van der Waals surface area contributed by atoms with E-state index in [9.17, 15) is 0 Å². The third kappa shape index (κ3) is 2.37. The summed E-state index contributed by atoms with van der Waals surface area (Å²) in [6.45, 7) is 0.932. The van der Waals surface area contributed by atoms with E-state index in [1.807, 2.05) is 18.4 Å². The zero-order valence-corrected chi connectivity index (χ0v) is 10.1. The van der Waals surface area contributed by atoms with Crippen LogP contribution in [0, 0.1) is 0 Å². The fourth-order valence-corrected chi connectivity index (χ4v) is 2.73. The van der Waals surface area contributed by atoms with Crippen LogP contribution < -0.4 is 5.32 Å². The third-order valence-electron chi connectivity index (χ3n) is 3.75. The molecule has 0 spiro atoms. The quantitative estimate of drug-likeness (QED) is 0.864. The molecule has 2 nitrogen and oxygen atoms in total. The van der Waals surface area contributed by atoms with Crippen molar-refractivity contribution in [2.45, 2.75) is 44.7 Å². The van der Waals surface area contributed by atoms with Crippen LogP contribution in [0.3, 0.4) is 0 Å². The van der Waals surface area contributed by atoms with Crippen molar-refractivity contribution in [3.63, 3.8) is 0 Å². The molecule has 0 unspecified atom stereocenters. The summed E-state index contributed by atoms with van der Waals surface area (Å²) < 4.78 is 5.55. The Morgan fingerprint density at radius 3 is 2.82 bits per heavy atom. The van der Waals surface area contributed by atoms with Gasteiger partial charge in [-0.3, -0.25) is 0 Å². The molecule has 17 heavy (non-hydrogen) atoms. The first-order chi connectivity index (χ1) is 8.43. The topological polar surface area (TPSA) is 25.2 Å². The lowest BCUT2D eigenvalue weighted by Crippen LogP contribution is -2.30. The van der Waals surface area contributed by atoms with Gasteiger partial charge in [-0.2, -0.15) is 0 Å². The van der Waals surface area contributed by atoms with E-state index in [-0.39, 0.29) is 0 Å². The second kappa shape index (κ2) is 4.92. The molecule has 0 amide bonds. The normalized spacial score (nSPS) is 17.6. The second-order valence-electron chi connectivity index (χ2n) is 4.97. The number of fused-ring (bicyclic) bond motifs is 1. The average Bonchev–Trinajstić information content (AvgIpc) is 2.81.